The van der Waals surface area contributed by atoms with Crippen molar-refractivity contribution in [3.05, 3.63) is 17.0 Å². The van der Waals surface area contributed by atoms with Crippen LogP contribution in [0.4, 0.5) is 0 Å². The van der Waals surface area contributed by atoms with Gasteiger partial charge in [-0.3, -0.25) is 4.68 Å². The van der Waals surface area contributed by atoms with Gasteiger partial charge in [-0.1, -0.05) is 6.92 Å². The number of nitrogens with one attached hydrogen (secondary N) is 1. The van der Waals surface area contributed by atoms with Crippen molar-refractivity contribution >= 4 is 9.84 Å². The highest BCUT2D eigenvalue weighted by molar-refractivity contribution is 7.90. The molecule has 1 heterocycles. The molecule has 0 radical (unpaired) electrons. The standard InChI is InChI=1S/C13H25N3O2S/c1-6-7-14-10(2)13-11(3)15-16(12(13)4)8-9-19(5,17)18/h10,14H,6-9H2,1-5H3. The number of aromatic nitrogens is 2. The molecule has 5 nitrogen and oxygen atoms in total. The van der Waals surface area contributed by atoms with E-state index in [1.54, 1.807) is 4.68 Å². The predicted octanol–water partition coefficient (Wildman–Crippen LogP) is 1.61. The summed E-state index contributed by atoms with van der Waals surface area (Å²) < 4.78 is 24.3. The summed E-state index contributed by atoms with van der Waals surface area (Å²) in [6, 6.07) is 0.243. The summed E-state index contributed by atoms with van der Waals surface area (Å²) in [4.78, 5) is 0. The van der Waals surface area contributed by atoms with Crippen molar-refractivity contribution in [1.82, 2.24) is 15.1 Å². The molecule has 19 heavy (non-hydrogen) atoms. The summed E-state index contributed by atoms with van der Waals surface area (Å²) >= 11 is 0. The van der Waals surface area contributed by atoms with Gasteiger partial charge in [-0.05, 0) is 33.7 Å². The maximum Gasteiger partial charge on any atom is 0.149 e. The zero-order valence-electron chi connectivity index (χ0n) is 12.5. The topological polar surface area (TPSA) is 64.0 Å². The summed E-state index contributed by atoms with van der Waals surface area (Å²) in [6.45, 7) is 9.62. The maximum absolute atomic E-state index is 11.2. The smallest absolute Gasteiger partial charge is 0.149 e. The Balaban J connectivity index is 2.87. The molecule has 0 aliphatic heterocycles. The van der Waals surface area contributed by atoms with E-state index in [4.69, 9.17) is 0 Å². The summed E-state index contributed by atoms with van der Waals surface area (Å²) in [5.74, 6) is 0.130. The second-order valence-electron chi connectivity index (χ2n) is 5.11. The van der Waals surface area contributed by atoms with E-state index in [1.807, 2.05) is 13.8 Å². The highest BCUT2D eigenvalue weighted by Crippen LogP contribution is 2.21. The molecule has 0 aromatic carbocycles. The highest BCUT2D eigenvalue weighted by Gasteiger charge is 2.17. The van der Waals surface area contributed by atoms with Gasteiger partial charge in [0.15, 0.2) is 0 Å². The van der Waals surface area contributed by atoms with E-state index in [-0.39, 0.29) is 11.8 Å². The van der Waals surface area contributed by atoms with Gasteiger partial charge in [0.25, 0.3) is 0 Å². The van der Waals surface area contributed by atoms with Gasteiger partial charge in [0.1, 0.15) is 9.84 Å². The first kappa shape index (κ1) is 16.2. The summed E-state index contributed by atoms with van der Waals surface area (Å²) in [5, 5.41) is 7.90. The molecule has 0 amide bonds. The molecule has 1 N–H and O–H groups in total. The van der Waals surface area contributed by atoms with E-state index in [2.05, 4.69) is 24.3 Å². The van der Waals surface area contributed by atoms with E-state index in [0.717, 1.165) is 24.4 Å². The third-order valence-electron chi connectivity index (χ3n) is 3.24. The van der Waals surface area contributed by atoms with Crippen LogP contribution in [0.15, 0.2) is 0 Å². The first-order valence-corrected chi connectivity index (χ1v) is 8.77. The number of sulfone groups is 1. The zero-order chi connectivity index (χ0) is 14.6. The number of aryl methyl sites for hydroxylation is 2. The zero-order valence-corrected chi connectivity index (χ0v) is 13.3. The largest absolute Gasteiger partial charge is 0.310 e. The van der Waals surface area contributed by atoms with E-state index in [0.29, 0.717) is 6.54 Å². The monoisotopic (exact) mass is 287 g/mol. The van der Waals surface area contributed by atoms with Crippen LogP contribution in [0.5, 0.6) is 0 Å². The summed E-state index contributed by atoms with van der Waals surface area (Å²) in [6.07, 6.45) is 2.34. The molecule has 1 aromatic heterocycles. The van der Waals surface area contributed by atoms with Crippen LogP contribution in [0.3, 0.4) is 0 Å². The van der Waals surface area contributed by atoms with Gasteiger partial charge in [-0.15, -0.1) is 0 Å². The van der Waals surface area contributed by atoms with Crippen LogP contribution >= 0.6 is 0 Å². The average Bonchev–Trinajstić information content (AvgIpc) is 2.58. The molecule has 110 valence electrons. The normalized spacial score (nSPS) is 13.7. The molecule has 0 saturated heterocycles. The Morgan fingerprint density at radius 1 is 1.37 bits per heavy atom. The Kier molecular flexibility index (Phi) is 5.55. The minimum Gasteiger partial charge on any atom is -0.310 e. The third kappa shape index (κ3) is 4.62. The molecule has 1 unspecified atom stereocenters. The van der Waals surface area contributed by atoms with Gasteiger partial charge in [-0.25, -0.2) is 8.42 Å². The lowest BCUT2D eigenvalue weighted by atomic mass is 10.1. The number of nitrogens with zero attached hydrogens (tertiary/aromatic N) is 2. The second kappa shape index (κ2) is 6.52. The molecular formula is C13H25N3O2S. The molecule has 1 rings (SSSR count). The predicted molar refractivity (Wildman–Crippen MR) is 78.1 cm³/mol. The minimum absolute atomic E-state index is 0.130. The number of rotatable bonds is 7. The first-order valence-electron chi connectivity index (χ1n) is 6.71. The van der Waals surface area contributed by atoms with Crippen LogP contribution in [0, 0.1) is 13.8 Å². The molecule has 0 spiro atoms. The Morgan fingerprint density at radius 2 is 2.00 bits per heavy atom. The molecule has 0 fully saturated rings. The molecule has 0 aliphatic rings. The van der Waals surface area contributed by atoms with Crippen molar-refractivity contribution in [3.8, 4) is 0 Å². The summed E-state index contributed by atoms with van der Waals surface area (Å²) in [7, 11) is -2.95. The van der Waals surface area contributed by atoms with Crippen molar-refractivity contribution in [2.75, 3.05) is 18.6 Å². The highest BCUT2D eigenvalue weighted by atomic mass is 32.2. The molecule has 0 bridgehead atoms. The minimum atomic E-state index is -2.95. The Hall–Kier alpha value is -0.880. The molecule has 1 atom stereocenters. The lowest BCUT2D eigenvalue weighted by Crippen LogP contribution is -2.20. The molecule has 0 saturated carbocycles. The van der Waals surface area contributed by atoms with Gasteiger partial charge in [0.2, 0.25) is 0 Å². The van der Waals surface area contributed by atoms with Crippen molar-refractivity contribution in [1.29, 1.82) is 0 Å². The van der Waals surface area contributed by atoms with Gasteiger partial charge in [-0.2, -0.15) is 5.10 Å². The molecule has 1 aromatic rings. The van der Waals surface area contributed by atoms with E-state index in [9.17, 15) is 8.42 Å². The van der Waals surface area contributed by atoms with Crippen LogP contribution in [0.25, 0.3) is 0 Å². The third-order valence-corrected chi connectivity index (χ3v) is 4.17. The van der Waals surface area contributed by atoms with Gasteiger partial charge < -0.3 is 5.32 Å². The van der Waals surface area contributed by atoms with E-state index in [1.165, 1.54) is 11.8 Å². The van der Waals surface area contributed by atoms with Crippen LogP contribution in [-0.4, -0.2) is 36.8 Å². The second-order valence-corrected chi connectivity index (χ2v) is 7.37. The van der Waals surface area contributed by atoms with E-state index < -0.39 is 9.84 Å². The SMILES string of the molecule is CCCNC(C)c1c(C)nn(CCS(C)(=O)=O)c1C. The quantitative estimate of drug-likeness (QED) is 0.827. The van der Waals surface area contributed by atoms with Crippen molar-refractivity contribution in [2.45, 2.75) is 46.7 Å². The fourth-order valence-electron chi connectivity index (χ4n) is 2.27. The van der Waals surface area contributed by atoms with Crippen molar-refractivity contribution in [2.24, 2.45) is 0 Å². The fourth-order valence-corrected chi connectivity index (χ4v) is 2.77. The maximum atomic E-state index is 11.2. The Labute approximate surface area is 116 Å². The van der Waals surface area contributed by atoms with Crippen LogP contribution in [0.1, 0.15) is 43.3 Å². The Bertz CT molecular complexity index is 520. The molecule has 0 aliphatic carbocycles. The first-order chi connectivity index (χ1) is 8.76. The molecule has 6 heteroatoms. The van der Waals surface area contributed by atoms with Crippen molar-refractivity contribution in [3.63, 3.8) is 0 Å². The van der Waals surface area contributed by atoms with Crippen LogP contribution in [-0.2, 0) is 16.4 Å². The number of hydrogen-bond donors (Lipinski definition) is 1. The van der Waals surface area contributed by atoms with E-state index >= 15 is 0 Å². The van der Waals surface area contributed by atoms with Crippen LogP contribution < -0.4 is 5.32 Å². The summed E-state index contributed by atoms with van der Waals surface area (Å²) in [5.41, 5.74) is 3.21. The fraction of sp³-hybridized carbons (Fsp3) is 0.769. The lowest BCUT2D eigenvalue weighted by molar-refractivity contribution is 0.561. The van der Waals surface area contributed by atoms with Gasteiger partial charge >= 0.3 is 0 Å². The van der Waals surface area contributed by atoms with Gasteiger partial charge in [0.05, 0.1) is 18.0 Å². The lowest BCUT2D eigenvalue weighted by Gasteiger charge is -2.14. The van der Waals surface area contributed by atoms with Crippen LogP contribution in [0.2, 0.25) is 0 Å². The number of hydrogen-bond acceptors (Lipinski definition) is 4. The average molecular weight is 287 g/mol. The van der Waals surface area contributed by atoms with Gasteiger partial charge in [0, 0.05) is 23.6 Å². The molecular weight excluding hydrogens is 262 g/mol. The van der Waals surface area contributed by atoms with Crippen molar-refractivity contribution < 1.29 is 8.42 Å². The Morgan fingerprint density at radius 3 is 2.53 bits per heavy atom.